The zero-order valence-electron chi connectivity index (χ0n) is 21.7. The monoisotopic (exact) mass is 520 g/mol. The van der Waals surface area contributed by atoms with Gasteiger partial charge in [-0.1, -0.05) is 84.9 Å². The van der Waals surface area contributed by atoms with Gasteiger partial charge >= 0.3 is 0 Å². The number of phenolic OH excluding ortho intramolecular Hbond substituents is 1. The molecule has 3 N–H and O–H groups in total. The molecule has 0 saturated carbocycles. The van der Waals surface area contributed by atoms with Crippen molar-refractivity contribution in [2.24, 2.45) is 0 Å². The summed E-state index contributed by atoms with van der Waals surface area (Å²) in [5.41, 5.74) is 3.45. The van der Waals surface area contributed by atoms with Gasteiger partial charge in [-0.2, -0.15) is 0 Å². The molecular formula is C33H32N2O4. The van der Waals surface area contributed by atoms with Gasteiger partial charge in [0.1, 0.15) is 6.61 Å². The van der Waals surface area contributed by atoms with Crippen LogP contribution in [0.5, 0.6) is 11.5 Å². The summed E-state index contributed by atoms with van der Waals surface area (Å²) < 4.78 is 5.85. The summed E-state index contributed by atoms with van der Waals surface area (Å²) in [4.78, 5) is 25.9. The maximum absolute atomic E-state index is 13.3. The first-order valence-corrected chi connectivity index (χ1v) is 13.0. The fourth-order valence-electron chi connectivity index (χ4n) is 4.02. The van der Waals surface area contributed by atoms with Crippen LogP contribution in [0.15, 0.2) is 115 Å². The molecule has 0 aliphatic rings. The highest BCUT2D eigenvalue weighted by molar-refractivity contribution is 6.20. The van der Waals surface area contributed by atoms with E-state index < -0.39 is 0 Å². The van der Waals surface area contributed by atoms with Gasteiger partial charge in [0.2, 0.25) is 0 Å². The van der Waals surface area contributed by atoms with E-state index in [1.54, 1.807) is 36.4 Å². The summed E-state index contributed by atoms with van der Waals surface area (Å²) in [5.74, 6) is -0.457. The van der Waals surface area contributed by atoms with E-state index in [9.17, 15) is 14.7 Å². The summed E-state index contributed by atoms with van der Waals surface area (Å²) in [7, 11) is 0. The quantitative estimate of drug-likeness (QED) is 0.161. The second kappa shape index (κ2) is 14.2. The number of carbonyl (C=O) groups is 2. The minimum atomic E-state index is -0.331. The van der Waals surface area contributed by atoms with Crippen LogP contribution in [-0.2, 0) is 17.8 Å². The van der Waals surface area contributed by atoms with Crippen molar-refractivity contribution >= 4 is 17.4 Å². The molecule has 2 amide bonds. The lowest BCUT2D eigenvalue weighted by Crippen LogP contribution is -2.27. The van der Waals surface area contributed by atoms with Gasteiger partial charge in [-0.25, -0.2) is 0 Å². The Morgan fingerprint density at radius 2 is 1.38 bits per heavy atom. The van der Waals surface area contributed by atoms with Crippen LogP contribution in [0.25, 0.3) is 5.57 Å². The van der Waals surface area contributed by atoms with E-state index in [2.05, 4.69) is 22.8 Å². The van der Waals surface area contributed by atoms with Crippen molar-refractivity contribution in [3.8, 4) is 11.5 Å². The number of aryl methyl sites for hydroxylation is 1. The third-order valence-corrected chi connectivity index (χ3v) is 6.16. The van der Waals surface area contributed by atoms with Crippen molar-refractivity contribution in [2.45, 2.75) is 25.9 Å². The van der Waals surface area contributed by atoms with Gasteiger partial charge in [-0.3, -0.25) is 9.59 Å². The van der Waals surface area contributed by atoms with Crippen LogP contribution in [0.2, 0.25) is 0 Å². The third-order valence-electron chi connectivity index (χ3n) is 6.16. The number of hydrogen-bond acceptors (Lipinski definition) is 4. The van der Waals surface area contributed by atoms with E-state index in [0.717, 1.165) is 24.8 Å². The highest BCUT2D eigenvalue weighted by atomic mass is 16.5. The average Bonchev–Trinajstić information content (AvgIpc) is 2.98. The van der Waals surface area contributed by atoms with E-state index in [1.807, 2.05) is 54.6 Å². The van der Waals surface area contributed by atoms with E-state index in [4.69, 9.17) is 4.74 Å². The fourth-order valence-corrected chi connectivity index (χ4v) is 4.02. The topological polar surface area (TPSA) is 87.7 Å². The molecule has 4 aromatic rings. The molecule has 0 unspecified atom stereocenters. The van der Waals surface area contributed by atoms with Crippen LogP contribution in [0.3, 0.4) is 0 Å². The summed E-state index contributed by atoms with van der Waals surface area (Å²) in [6, 6.07) is 33.3. The molecule has 0 atom stereocenters. The van der Waals surface area contributed by atoms with Crippen molar-refractivity contribution < 1.29 is 19.4 Å². The second-order valence-corrected chi connectivity index (χ2v) is 9.05. The highest BCUT2D eigenvalue weighted by Crippen LogP contribution is 2.30. The normalized spacial score (nSPS) is 11.0. The number of unbranched alkanes of at least 4 members (excludes halogenated alkanes) is 1. The first-order valence-electron chi connectivity index (χ1n) is 13.0. The van der Waals surface area contributed by atoms with Gasteiger partial charge in [0.05, 0.1) is 5.57 Å². The minimum Gasteiger partial charge on any atom is -0.504 e. The van der Waals surface area contributed by atoms with Crippen LogP contribution >= 0.6 is 0 Å². The van der Waals surface area contributed by atoms with Gasteiger partial charge in [0, 0.05) is 18.3 Å². The average molecular weight is 521 g/mol. The number of aromatic hydroxyl groups is 1. The zero-order chi connectivity index (χ0) is 27.3. The maximum atomic E-state index is 13.3. The molecule has 0 aliphatic heterocycles. The molecule has 198 valence electrons. The van der Waals surface area contributed by atoms with Crippen LogP contribution in [-0.4, -0.2) is 23.5 Å². The Kier molecular flexibility index (Phi) is 9.90. The molecule has 39 heavy (non-hydrogen) atoms. The van der Waals surface area contributed by atoms with E-state index in [1.165, 1.54) is 17.8 Å². The number of hydrogen-bond donors (Lipinski definition) is 3. The predicted molar refractivity (Wildman–Crippen MR) is 153 cm³/mol. The molecule has 0 fully saturated rings. The lowest BCUT2D eigenvalue weighted by molar-refractivity contribution is -0.115. The molecule has 6 nitrogen and oxygen atoms in total. The van der Waals surface area contributed by atoms with Crippen molar-refractivity contribution in [1.82, 2.24) is 10.6 Å². The minimum absolute atomic E-state index is 0.0383. The molecule has 4 rings (SSSR count). The van der Waals surface area contributed by atoms with Crippen molar-refractivity contribution in [1.29, 1.82) is 0 Å². The zero-order valence-corrected chi connectivity index (χ0v) is 21.7. The van der Waals surface area contributed by atoms with Crippen LogP contribution in [0.4, 0.5) is 0 Å². The number of rotatable bonds is 12. The Bertz CT molecular complexity index is 1390. The Labute approximate surface area is 229 Å². The Morgan fingerprint density at radius 1 is 0.744 bits per heavy atom. The smallest absolute Gasteiger partial charge is 0.255 e. The van der Waals surface area contributed by atoms with Gasteiger partial charge < -0.3 is 20.5 Å². The lowest BCUT2D eigenvalue weighted by atomic mass is 10.0. The largest absolute Gasteiger partial charge is 0.504 e. The molecule has 0 radical (unpaired) electrons. The molecule has 4 aromatic carbocycles. The molecule has 0 aromatic heterocycles. The maximum Gasteiger partial charge on any atom is 0.255 e. The van der Waals surface area contributed by atoms with E-state index in [-0.39, 0.29) is 35.5 Å². The molecule has 0 bridgehead atoms. The first-order chi connectivity index (χ1) is 19.1. The Balaban J connectivity index is 1.46. The number of nitrogens with one attached hydrogen (secondary N) is 2. The highest BCUT2D eigenvalue weighted by Gasteiger charge is 2.16. The van der Waals surface area contributed by atoms with Crippen LogP contribution in [0, 0.1) is 0 Å². The van der Waals surface area contributed by atoms with Crippen LogP contribution in [0.1, 0.15) is 39.9 Å². The summed E-state index contributed by atoms with van der Waals surface area (Å²) in [5, 5.41) is 16.1. The van der Waals surface area contributed by atoms with Gasteiger partial charge in [0.25, 0.3) is 11.8 Å². The van der Waals surface area contributed by atoms with Crippen LogP contribution < -0.4 is 15.4 Å². The Morgan fingerprint density at radius 3 is 2.08 bits per heavy atom. The SMILES string of the molecule is O=C(NCCCCc1ccccc1)C(=CNC(=O)c1ccccc1)c1ccc(O)c(OCc2ccccc2)c1. The second-order valence-electron chi connectivity index (χ2n) is 9.05. The number of phenols is 1. The number of ether oxygens (including phenoxy) is 1. The summed E-state index contributed by atoms with van der Waals surface area (Å²) in [6.07, 6.45) is 4.09. The standard InChI is InChI=1S/C33H32N2O4/c36-30-20-19-28(22-31(30)39-24-26-15-6-2-7-16-26)29(23-35-32(37)27-17-8-3-9-18-27)33(38)34-21-11-10-14-25-12-4-1-5-13-25/h1-9,12-13,15-20,22-23,36H,10-11,14,21,24H2,(H,34,38)(H,35,37). The molecule has 0 saturated heterocycles. The van der Waals surface area contributed by atoms with E-state index in [0.29, 0.717) is 17.7 Å². The van der Waals surface area contributed by atoms with Crippen molar-refractivity contribution in [3.05, 3.63) is 138 Å². The summed E-state index contributed by atoms with van der Waals surface area (Å²) >= 11 is 0. The summed E-state index contributed by atoms with van der Waals surface area (Å²) in [6.45, 7) is 0.750. The first kappa shape index (κ1) is 27.2. The molecule has 0 heterocycles. The molecule has 0 aliphatic carbocycles. The third kappa shape index (κ3) is 8.33. The number of carbonyl (C=O) groups excluding carboxylic acids is 2. The molecule has 6 heteroatoms. The lowest BCUT2D eigenvalue weighted by Gasteiger charge is -2.13. The number of amides is 2. The van der Waals surface area contributed by atoms with Crippen molar-refractivity contribution in [2.75, 3.05) is 6.54 Å². The van der Waals surface area contributed by atoms with Gasteiger partial charge in [-0.15, -0.1) is 0 Å². The molecular weight excluding hydrogens is 488 g/mol. The fraction of sp³-hybridized carbons (Fsp3) is 0.152. The predicted octanol–water partition coefficient (Wildman–Crippen LogP) is 5.88. The van der Waals surface area contributed by atoms with Gasteiger partial charge in [0.15, 0.2) is 11.5 Å². The number of benzene rings is 4. The Hall–Kier alpha value is -4.84. The van der Waals surface area contributed by atoms with E-state index >= 15 is 0 Å². The molecule has 0 spiro atoms. The van der Waals surface area contributed by atoms with Gasteiger partial charge in [-0.05, 0) is 60.2 Å². The van der Waals surface area contributed by atoms with Crippen molar-refractivity contribution in [3.63, 3.8) is 0 Å².